The van der Waals surface area contributed by atoms with E-state index in [1.54, 1.807) is 13.0 Å². The maximum Gasteiger partial charge on any atom is 0.242 e. The summed E-state index contributed by atoms with van der Waals surface area (Å²) in [5.41, 5.74) is 0. The highest BCUT2D eigenvalue weighted by Crippen LogP contribution is 2.05. The van der Waals surface area contributed by atoms with Crippen LogP contribution in [0.1, 0.15) is 6.92 Å². The van der Waals surface area contributed by atoms with Gasteiger partial charge in [0.2, 0.25) is 10.0 Å². The van der Waals surface area contributed by atoms with Crippen molar-refractivity contribution >= 4 is 10.0 Å². The second-order valence-corrected chi connectivity index (χ2v) is 5.10. The lowest BCUT2D eigenvalue weighted by Crippen LogP contribution is -2.29. The van der Waals surface area contributed by atoms with Gasteiger partial charge in [0, 0.05) is 25.5 Å². The van der Waals surface area contributed by atoms with Crippen molar-refractivity contribution in [3.8, 4) is 0 Å². The zero-order valence-corrected chi connectivity index (χ0v) is 9.24. The Morgan fingerprint density at radius 1 is 1.60 bits per heavy atom. The van der Waals surface area contributed by atoms with Gasteiger partial charge < -0.3 is 5.11 Å². The van der Waals surface area contributed by atoms with Crippen molar-refractivity contribution in [2.45, 2.75) is 11.8 Å². The normalized spacial score (nSPS) is 13.7. The molecule has 5 nitrogen and oxygen atoms in total. The van der Waals surface area contributed by atoms with Crippen LogP contribution in [0.4, 0.5) is 0 Å². The standard InChI is InChI=1S/C9H14N2O3S/c1-8(7-12)5-11-15(13,14)9-3-2-4-10-6-9/h2-4,6,8,11-12H,5,7H2,1H3. The molecule has 1 aromatic rings. The average molecular weight is 230 g/mol. The summed E-state index contributed by atoms with van der Waals surface area (Å²) in [5, 5.41) is 8.76. The SMILES string of the molecule is CC(CO)CNS(=O)(=O)c1cccnc1. The molecular weight excluding hydrogens is 216 g/mol. The molecule has 84 valence electrons. The Hall–Kier alpha value is -0.980. The first kappa shape index (κ1) is 12.1. The molecule has 0 aliphatic rings. The minimum atomic E-state index is -3.49. The fourth-order valence-corrected chi connectivity index (χ4v) is 2.03. The number of nitrogens with one attached hydrogen (secondary N) is 1. The van der Waals surface area contributed by atoms with E-state index in [9.17, 15) is 8.42 Å². The van der Waals surface area contributed by atoms with Crippen LogP contribution < -0.4 is 4.72 Å². The summed E-state index contributed by atoms with van der Waals surface area (Å²) in [7, 11) is -3.49. The Balaban J connectivity index is 2.69. The summed E-state index contributed by atoms with van der Waals surface area (Å²) in [6.45, 7) is 1.93. The Labute approximate surface area is 89.2 Å². The van der Waals surface area contributed by atoms with Gasteiger partial charge in [-0.05, 0) is 18.1 Å². The highest BCUT2D eigenvalue weighted by atomic mass is 32.2. The first-order chi connectivity index (χ1) is 7.06. The lowest BCUT2D eigenvalue weighted by atomic mass is 10.2. The molecule has 0 saturated heterocycles. The number of hydrogen-bond acceptors (Lipinski definition) is 4. The predicted octanol–water partition coefficient (Wildman–Crippen LogP) is -0.0117. The van der Waals surface area contributed by atoms with E-state index in [4.69, 9.17) is 5.11 Å². The van der Waals surface area contributed by atoms with Gasteiger partial charge in [-0.15, -0.1) is 0 Å². The Morgan fingerprint density at radius 3 is 2.87 bits per heavy atom. The summed E-state index contributed by atoms with van der Waals surface area (Å²) in [6, 6.07) is 3.03. The van der Waals surface area contributed by atoms with Crippen molar-refractivity contribution in [3.05, 3.63) is 24.5 Å². The molecule has 0 radical (unpaired) electrons. The number of sulfonamides is 1. The highest BCUT2D eigenvalue weighted by Gasteiger charge is 2.14. The molecule has 6 heteroatoms. The third kappa shape index (κ3) is 3.58. The maximum atomic E-state index is 11.6. The average Bonchev–Trinajstić information content (AvgIpc) is 2.27. The fourth-order valence-electron chi connectivity index (χ4n) is 0.906. The number of aliphatic hydroxyl groups is 1. The van der Waals surface area contributed by atoms with Gasteiger partial charge in [-0.3, -0.25) is 4.98 Å². The quantitative estimate of drug-likeness (QED) is 0.745. The lowest BCUT2D eigenvalue weighted by molar-refractivity contribution is 0.238. The van der Waals surface area contributed by atoms with Gasteiger partial charge in [0.05, 0.1) is 0 Å². The van der Waals surface area contributed by atoms with Crippen LogP contribution in [0.25, 0.3) is 0 Å². The molecule has 1 rings (SSSR count). The van der Waals surface area contributed by atoms with E-state index >= 15 is 0 Å². The molecule has 0 amide bonds. The molecule has 15 heavy (non-hydrogen) atoms. The number of nitrogens with zero attached hydrogens (tertiary/aromatic N) is 1. The van der Waals surface area contributed by atoms with Crippen LogP contribution in [0.3, 0.4) is 0 Å². The van der Waals surface area contributed by atoms with E-state index in [0.717, 1.165) is 0 Å². The second kappa shape index (κ2) is 5.20. The van der Waals surface area contributed by atoms with E-state index in [1.165, 1.54) is 18.5 Å². The Bertz CT molecular complexity index is 391. The minimum absolute atomic E-state index is 0.0461. The van der Waals surface area contributed by atoms with Crippen LogP contribution in [-0.2, 0) is 10.0 Å². The van der Waals surface area contributed by atoms with E-state index in [2.05, 4.69) is 9.71 Å². The molecule has 1 atom stereocenters. The molecule has 0 fully saturated rings. The molecule has 2 N–H and O–H groups in total. The topological polar surface area (TPSA) is 79.3 Å². The first-order valence-corrected chi connectivity index (χ1v) is 6.05. The van der Waals surface area contributed by atoms with Crippen molar-refractivity contribution in [1.82, 2.24) is 9.71 Å². The van der Waals surface area contributed by atoms with Crippen LogP contribution >= 0.6 is 0 Å². The van der Waals surface area contributed by atoms with Crippen LogP contribution in [0, 0.1) is 5.92 Å². The van der Waals surface area contributed by atoms with E-state index in [-0.39, 0.29) is 24.0 Å². The van der Waals surface area contributed by atoms with Crippen molar-refractivity contribution in [3.63, 3.8) is 0 Å². The minimum Gasteiger partial charge on any atom is -0.396 e. The number of aromatic nitrogens is 1. The van der Waals surface area contributed by atoms with Crippen LogP contribution in [-0.4, -0.2) is 31.7 Å². The molecule has 0 aromatic carbocycles. The van der Waals surface area contributed by atoms with Crippen LogP contribution in [0.2, 0.25) is 0 Å². The van der Waals surface area contributed by atoms with Gasteiger partial charge >= 0.3 is 0 Å². The molecule has 0 saturated carbocycles. The van der Waals surface area contributed by atoms with Crippen LogP contribution in [0.5, 0.6) is 0 Å². The van der Waals surface area contributed by atoms with E-state index in [0.29, 0.717) is 0 Å². The van der Waals surface area contributed by atoms with Gasteiger partial charge in [-0.2, -0.15) is 0 Å². The third-order valence-corrected chi connectivity index (χ3v) is 3.29. The zero-order valence-electron chi connectivity index (χ0n) is 8.42. The second-order valence-electron chi connectivity index (χ2n) is 3.33. The molecule has 1 unspecified atom stereocenters. The Kier molecular flexibility index (Phi) is 4.19. The first-order valence-electron chi connectivity index (χ1n) is 4.57. The summed E-state index contributed by atoms with van der Waals surface area (Å²) >= 11 is 0. The van der Waals surface area contributed by atoms with Gasteiger partial charge in [0.1, 0.15) is 4.90 Å². The fraction of sp³-hybridized carbons (Fsp3) is 0.444. The molecule has 0 aliphatic heterocycles. The smallest absolute Gasteiger partial charge is 0.242 e. The van der Waals surface area contributed by atoms with Crippen LogP contribution in [0.15, 0.2) is 29.4 Å². The number of aliphatic hydroxyl groups excluding tert-OH is 1. The molecule has 0 aliphatic carbocycles. The van der Waals surface area contributed by atoms with Gasteiger partial charge in [-0.1, -0.05) is 6.92 Å². The van der Waals surface area contributed by atoms with Gasteiger partial charge in [0.25, 0.3) is 0 Å². The van der Waals surface area contributed by atoms with Crippen molar-refractivity contribution < 1.29 is 13.5 Å². The summed E-state index contributed by atoms with van der Waals surface area (Å²) in [4.78, 5) is 3.86. The largest absolute Gasteiger partial charge is 0.396 e. The predicted molar refractivity (Wildman–Crippen MR) is 55.7 cm³/mol. The highest BCUT2D eigenvalue weighted by molar-refractivity contribution is 7.89. The van der Waals surface area contributed by atoms with Crippen molar-refractivity contribution in [2.24, 2.45) is 5.92 Å². The maximum absolute atomic E-state index is 11.6. The molecular formula is C9H14N2O3S. The Morgan fingerprint density at radius 2 is 2.33 bits per heavy atom. The van der Waals surface area contributed by atoms with Crippen molar-refractivity contribution in [1.29, 1.82) is 0 Å². The molecule has 0 bridgehead atoms. The van der Waals surface area contributed by atoms with E-state index < -0.39 is 10.0 Å². The molecule has 1 aromatic heterocycles. The van der Waals surface area contributed by atoms with Crippen molar-refractivity contribution in [2.75, 3.05) is 13.2 Å². The van der Waals surface area contributed by atoms with Gasteiger partial charge in [0.15, 0.2) is 0 Å². The summed E-state index contributed by atoms with van der Waals surface area (Å²) in [6.07, 6.45) is 2.79. The molecule has 1 heterocycles. The number of rotatable bonds is 5. The van der Waals surface area contributed by atoms with Gasteiger partial charge in [-0.25, -0.2) is 13.1 Å². The summed E-state index contributed by atoms with van der Waals surface area (Å²) < 4.78 is 25.6. The molecule has 0 spiro atoms. The lowest BCUT2D eigenvalue weighted by Gasteiger charge is -2.09. The van der Waals surface area contributed by atoms with E-state index in [1.807, 2.05) is 0 Å². The monoisotopic (exact) mass is 230 g/mol. The number of pyridine rings is 1. The number of hydrogen-bond donors (Lipinski definition) is 2. The third-order valence-electron chi connectivity index (χ3n) is 1.88. The zero-order chi connectivity index (χ0) is 11.3. The summed E-state index contributed by atoms with van der Waals surface area (Å²) in [5.74, 6) is -0.101.